The third-order valence-electron chi connectivity index (χ3n) is 5.17. The number of rotatable bonds is 9. The van der Waals surface area contributed by atoms with E-state index < -0.39 is 0 Å². The number of ether oxygens (including phenoxy) is 2. The van der Waals surface area contributed by atoms with Gasteiger partial charge in [0.05, 0.1) is 16.8 Å². The van der Waals surface area contributed by atoms with Crippen molar-refractivity contribution in [2.75, 3.05) is 57.4 Å². The van der Waals surface area contributed by atoms with Crippen molar-refractivity contribution in [1.29, 1.82) is 0 Å². The second kappa shape index (κ2) is 10.5. The van der Waals surface area contributed by atoms with E-state index in [1.165, 1.54) is 0 Å². The van der Waals surface area contributed by atoms with Gasteiger partial charge < -0.3 is 19.7 Å². The van der Waals surface area contributed by atoms with Crippen LogP contribution in [0.4, 0.5) is 5.13 Å². The smallest absolute Gasteiger partial charge is 0.257 e. The Balaban J connectivity index is 1.18. The van der Waals surface area contributed by atoms with Crippen LogP contribution in [0.15, 0.2) is 48.5 Å². The molecule has 2 heterocycles. The molecule has 2 aromatic carbocycles. The monoisotopic (exact) mass is 440 g/mol. The highest BCUT2D eigenvalue weighted by molar-refractivity contribution is 7.22. The van der Waals surface area contributed by atoms with Gasteiger partial charge in [-0.2, -0.15) is 0 Å². The molecule has 1 amide bonds. The first kappa shape index (κ1) is 21.4. The van der Waals surface area contributed by atoms with Gasteiger partial charge >= 0.3 is 0 Å². The standard InChI is InChI=1S/C23H28N4O3S/c1-2-29-19-8-9-20-21(16-19)31-23(25-20)27-14-12-26(13-15-27)11-10-24-22(28)17-30-18-6-4-3-5-7-18/h3-9,16H,2,10-15,17H2,1H3,(H,24,28). The summed E-state index contributed by atoms with van der Waals surface area (Å²) in [7, 11) is 0. The summed E-state index contributed by atoms with van der Waals surface area (Å²) in [6, 6.07) is 15.5. The van der Waals surface area contributed by atoms with E-state index >= 15 is 0 Å². The number of nitrogens with zero attached hydrogens (tertiary/aromatic N) is 3. The molecule has 164 valence electrons. The fraction of sp³-hybridized carbons (Fsp3) is 0.391. The molecule has 0 unspecified atom stereocenters. The first-order valence-corrected chi connectivity index (χ1v) is 11.5. The second-order valence-electron chi connectivity index (χ2n) is 7.34. The number of carbonyl (C=O) groups is 1. The molecule has 0 bridgehead atoms. The third kappa shape index (κ3) is 5.86. The summed E-state index contributed by atoms with van der Waals surface area (Å²) in [6.45, 7) is 7.94. The van der Waals surface area contributed by atoms with Gasteiger partial charge in [-0.3, -0.25) is 9.69 Å². The molecule has 4 rings (SSSR count). The minimum Gasteiger partial charge on any atom is -0.494 e. The molecule has 0 aliphatic carbocycles. The highest BCUT2D eigenvalue weighted by atomic mass is 32.1. The molecule has 1 N–H and O–H groups in total. The number of nitrogens with one attached hydrogen (secondary N) is 1. The molecule has 1 aliphatic heterocycles. The van der Waals surface area contributed by atoms with E-state index in [1.54, 1.807) is 11.3 Å². The average molecular weight is 441 g/mol. The van der Waals surface area contributed by atoms with Crippen molar-refractivity contribution in [2.45, 2.75) is 6.92 Å². The molecule has 1 fully saturated rings. The van der Waals surface area contributed by atoms with Crippen LogP contribution in [0.3, 0.4) is 0 Å². The number of benzene rings is 2. The number of aromatic nitrogens is 1. The Morgan fingerprint density at radius 2 is 1.87 bits per heavy atom. The molecule has 0 saturated carbocycles. The number of thiazole rings is 1. The van der Waals surface area contributed by atoms with Gasteiger partial charge in [-0.05, 0) is 37.3 Å². The topological polar surface area (TPSA) is 66.9 Å². The van der Waals surface area contributed by atoms with E-state index in [0.717, 1.165) is 53.8 Å². The quantitative estimate of drug-likeness (QED) is 0.552. The maximum atomic E-state index is 12.0. The minimum atomic E-state index is -0.0941. The Hall–Kier alpha value is -2.84. The number of hydrogen-bond donors (Lipinski definition) is 1. The number of para-hydroxylation sites is 1. The van der Waals surface area contributed by atoms with Crippen molar-refractivity contribution in [3.05, 3.63) is 48.5 Å². The van der Waals surface area contributed by atoms with Crippen LogP contribution >= 0.6 is 11.3 Å². The lowest BCUT2D eigenvalue weighted by atomic mass is 10.3. The molecular weight excluding hydrogens is 412 g/mol. The van der Waals surface area contributed by atoms with Crippen LogP contribution < -0.4 is 19.7 Å². The zero-order valence-corrected chi connectivity index (χ0v) is 18.6. The van der Waals surface area contributed by atoms with Gasteiger partial charge in [-0.15, -0.1) is 0 Å². The summed E-state index contributed by atoms with van der Waals surface area (Å²) in [4.78, 5) is 21.5. The van der Waals surface area contributed by atoms with Crippen LogP contribution in [-0.4, -0.2) is 68.3 Å². The van der Waals surface area contributed by atoms with Crippen molar-refractivity contribution >= 4 is 32.6 Å². The van der Waals surface area contributed by atoms with Crippen LogP contribution in [0.2, 0.25) is 0 Å². The molecule has 3 aromatic rings. The van der Waals surface area contributed by atoms with Crippen molar-refractivity contribution < 1.29 is 14.3 Å². The van der Waals surface area contributed by atoms with Gasteiger partial charge in [0, 0.05) is 39.3 Å². The fourth-order valence-corrected chi connectivity index (χ4v) is 4.56. The van der Waals surface area contributed by atoms with E-state index in [1.807, 2.05) is 49.4 Å². The Bertz CT molecular complexity index is 987. The van der Waals surface area contributed by atoms with Gasteiger partial charge in [-0.1, -0.05) is 29.5 Å². The number of amides is 1. The maximum absolute atomic E-state index is 12.0. The molecule has 0 atom stereocenters. The summed E-state index contributed by atoms with van der Waals surface area (Å²) in [5.74, 6) is 1.51. The zero-order valence-electron chi connectivity index (χ0n) is 17.8. The van der Waals surface area contributed by atoms with Crippen LogP contribution in [0.5, 0.6) is 11.5 Å². The number of fused-ring (bicyclic) bond motifs is 1. The van der Waals surface area contributed by atoms with Gasteiger partial charge in [0.2, 0.25) is 0 Å². The van der Waals surface area contributed by atoms with Crippen LogP contribution in [0.1, 0.15) is 6.92 Å². The molecule has 8 heteroatoms. The maximum Gasteiger partial charge on any atom is 0.257 e. The Morgan fingerprint density at radius 3 is 2.65 bits per heavy atom. The van der Waals surface area contributed by atoms with E-state index in [9.17, 15) is 4.79 Å². The van der Waals surface area contributed by atoms with Gasteiger partial charge in [-0.25, -0.2) is 4.98 Å². The number of hydrogen-bond acceptors (Lipinski definition) is 7. The van der Waals surface area contributed by atoms with Crippen LogP contribution in [0, 0.1) is 0 Å². The second-order valence-corrected chi connectivity index (χ2v) is 8.35. The number of piperazine rings is 1. The Kier molecular flexibility index (Phi) is 7.22. The Morgan fingerprint density at radius 1 is 1.06 bits per heavy atom. The molecule has 1 saturated heterocycles. The summed E-state index contributed by atoms with van der Waals surface area (Å²) >= 11 is 1.72. The lowest BCUT2D eigenvalue weighted by Crippen LogP contribution is -2.48. The van der Waals surface area contributed by atoms with E-state index in [-0.39, 0.29) is 12.5 Å². The fourth-order valence-electron chi connectivity index (χ4n) is 3.52. The van der Waals surface area contributed by atoms with Crippen LogP contribution in [0.25, 0.3) is 10.2 Å². The average Bonchev–Trinajstić information content (AvgIpc) is 3.22. The normalized spacial score (nSPS) is 14.5. The molecular formula is C23H28N4O3S. The molecule has 1 aromatic heterocycles. The lowest BCUT2D eigenvalue weighted by molar-refractivity contribution is -0.123. The predicted molar refractivity (Wildman–Crippen MR) is 124 cm³/mol. The van der Waals surface area contributed by atoms with Crippen LogP contribution in [-0.2, 0) is 4.79 Å². The Labute approximate surface area is 186 Å². The zero-order chi connectivity index (χ0) is 21.5. The van der Waals surface area contributed by atoms with Crippen molar-refractivity contribution in [3.63, 3.8) is 0 Å². The van der Waals surface area contributed by atoms with E-state index in [0.29, 0.717) is 18.9 Å². The third-order valence-corrected chi connectivity index (χ3v) is 6.24. The van der Waals surface area contributed by atoms with Crippen molar-refractivity contribution in [1.82, 2.24) is 15.2 Å². The highest BCUT2D eigenvalue weighted by Gasteiger charge is 2.20. The summed E-state index contributed by atoms with van der Waals surface area (Å²) in [5, 5.41) is 4.00. The van der Waals surface area contributed by atoms with E-state index in [2.05, 4.69) is 21.2 Å². The molecule has 0 radical (unpaired) electrons. The number of carbonyl (C=O) groups excluding carboxylic acids is 1. The SMILES string of the molecule is CCOc1ccc2nc(N3CCN(CCNC(=O)COc4ccccc4)CC3)sc2c1. The van der Waals surface area contributed by atoms with Gasteiger partial charge in [0.1, 0.15) is 11.5 Å². The number of anilines is 1. The van der Waals surface area contributed by atoms with Gasteiger partial charge in [0.15, 0.2) is 11.7 Å². The van der Waals surface area contributed by atoms with Crippen molar-refractivity contribution in [3.8, 4) is 11.5 Å². The molecule has 0 spiro atoms. The predicted octanol–water partition coefficient (Wildman–Crippen LogP) is 3.01. The largest absolute Gasteiger partial charge is 0.494 e. The first-order chi connectivity index (χ1) is 15.2. The van der Waals surface area contributed by atoms with E-state index in [4.69, 9.17) is 14.5 Å². The highest BCUT2D eigenvalue weighted by Crippen LogP contribution is 2.31. The molecule has 7 nitrogen and oxygen atoms in total. The van der Waals surface area contributed by atoms with Crippen molar-refractivity contribution in [2.24, 2.45) is 0 Å². The lowest BCUT2D eigenvalue weighted by Gasteiger charge is -2.34. The summed E-state index contributed by atoms with van der Waals surface area (Å²) in [6.07, 6.45) is 0. The summed E-state index contributed by atoms with van der Waals surface area (Å²) in [5.41, 5.74) is 1.02. The molecule has 1 aliphatic rings. The summed E-state index contributed by atoms with van der Waals surface area (Å²) < 4.78 is 12.2. The first-order valence-electron chi connectivity index (χ1n) is 10.7. The minimum absolute atomic E-state index is 0.0421. The van der Waals surface area contributed by atoms with Gasteiger partial charge in [0.25, 0.3) is 5.91 Å². The molecule has 31 heavy (non-hydrogen) atoms.